The third-order valence-electron chi connectivity index (χ3n) is 2.14. The first-order valence-corrected chi connectivity index (χ1v) is 5.10. The van der Waals surface area contributed by atoms with Crippen LogP contribution in [0.1, 0.15) is 37.0 Å². The number of hydrogen-bond donors (Lipinski definition) is 1. The smallest absolute Gasteiger partial charge is 0.194 e. The summed E-state index contributed by atoms with van der Waals surface area (Å²) in [5.74, 6) is 0.0311. The van der Waals surface area contributed by atoms with Gasteiger partial charge in [0.25, 0.3) is 0 Å². The fourth-order valence-corrected chi connectivity index (χ4v) is 1.26. The summed E-state index contributed by atoms with van der Waals surface area (Å²) in [7, 11) is 1.76. The van der Waals surface area contributed by atoms with E-state index < -0.39 is 0 Å². The first kappa shape index (κ1) is 18.7. The van der Waals surface area contributed by atoms with Crippen LogP contribution in [0.3, 0.4) is 0 Å². The number of hydrogen-bond acceptors (Lipinski definition) is 3. The number of Topliss-reactive ketones (excluding diaryl/α,β-unsaturated/α-hetero) is 1. The third-order valence-corrected chi connectivity index (χ3v) is 2.14. The zero-order valence-corrected chi connectivity index (χ0v) is 12.2. The SMILES string of the molecule is CNCC(=O)c1cccc(C(C)(C)C)n1.Cl.Cl. The molecule has 98 valence electrons. The molecule has 0 bridgehead atoms. The first-order chi connectivity index (χ1) is 6.95. The minimum atomic E-state index is -0.0179. The summed E-state index contributed by atoms with van der Waals surface area (Å²) in [5.41, 5.74) is 1.47. The largest absolute Gasteiger partial charge is 0.313 e. The standard InChI is InChI=1S/C12H18N2O.2ClH/c1-12(2,3)11-7-5-6-9(14-11)10(15)8-13-4;;/h5-7,13H,8H2,1-4H3;2*1H. The molecule has 0 aliphatic rings. The maximum Gasteiger partial charge on any atom is 0.194 e. The van der Waals surface area contributed by atoms with Gasteiger partial charge >= 0.3 is 0 Å². The lowest BCUT2D eigenvalue weighted by Gasteiger charge is -2.17. The molecule has 0 unspecified atom stereocenters. The van der Waals surface area contributed by atoms with E-state index >= 15 is 0 Å². The Kier molecular flexibility index (Phi) is 8.41. The van der Waals surface area contributed by atoms with Gasteiger partial charge in [0.15, 0.2) is 5.78 Å². The van der Waals surface area contributed by atoms with Crippen molar-refractivity contribution in [1.29, 1.82) is 0 Å². The minimum Gasteiger partial charge on any atom is -0.313 e. The van der Waals surface area contributed by atoms with Crippen LogP contribution in [0.2, 0.25) is 0 Å². The molecule has 3 nitrogen and oxygen atoms in total. The lowest BCUT2D eigenvalue weighted by Crippen LogP contribution is -2.21. The van der Waals surface area contributed by atoms with Crippen LogP contribution in [-0.4, -0.2) is 24.4 Å². The van der Waals surface area contributed by atoms with Gasteiger partial charge in [0.2, 0.25) is 0 Å². The van der Waals surface area contributed by atoms with E-state index in [1.54, 1.807) is 13.1 Å². The Balaban J connectivity index is 0. The first-order valence-electron chi connectivity index (χ1n) is 5.10. The van der Waals surface area contributed by atoms with Gasteiger partial charge in [-0.2, -0.15) is 0 Å². The van der Waals surface area contributed by atoms with E-state index in [0.717, 1.165) is 5.69 Å². The molecule has 17 heavy (non-hydrogen) atoms. The van der Waals surface area contributed by atoms with Crippen LogP contribution in [0.5, 0.6) is 0 Å². The third kappa shape index (κ3) is 5.48. The second-order valence-corrected chi connectivity index (χ2v) is 4.61. The van der Waals surface area contributed by atoms with E-state index in [2.05, 4.69) is 31.1 Å². The number of ketones is 1. The Morgan fingerprint density at radius 1 is 1.29 bits per heavy atom. The van der Waals surface area contributed by atoms with Crippen molar-refractivity contribution in [2.75, 3.05) is 13.6 Å². The van der Waals surface area contributed by atoms with Gasteiger partial charge in [-0.1, -0.05) is 26.8 Å². The van der Waals surface area contributed by atoms with Crippen LogP contribution < -0.4 is 5.32 Å². The van der Waals surface area contributed by atoms with E-state index in [0.29, 0.717) is 12.2 Å². The molecule has 0 saturated heterocycles. The van der Waals surface area contributed by atoms with Crippen molar-refractivity contribution < 1.29 is 4.79 Å². The fourth-order valence-electron chi connectivity index (χ4n) is 1.26. The highest BCUT2D eigenvalue weighted by Crippen LogP contribution is 2.19. The zero-order valence-electron chi connectivity index (χ0n) is 10.6. The average molecular weight is 279 g/mol. The van der Waals surface area contributed by atoms with Crippen LogP contribution >= 0.6 is 24.8 Å². The topological polar surface area (TPSA) is 42.0 Å². The van der Waals surface area contributed by atoms with Crippen molar-refractivity contribution in [1.82, 2.24) is 10.3 Å². The zero-order chi connectivity index (χ0) is 11.5. The van der Waals surface area contributed by atoms with Gasteiger partial charge in [-0.15, -0.1) is 24.8 Å². The number of nitrogens with zero attached hydrogens (tertiary/aromatic N) is 1. The second-order valence-electron chi connectivity index (χ2n) is 4.61. The Morgan fingerprint density at radius 3 is 2.35 bits per heavy atom. The number of likely N-dealkylation sites (N-methyl/N-ethyl adjacent to an activating group) is 1. The molecule has 0 aliphatic heterocycles. The van der Waals surface area contributed by atoms with Gasteiger partial charge in [-0.25, -0.2) is 4.98 Å². The summed E-state index contributed by atoms with van der Waals surface area (Å²) < 4.78 is 0. The fraction of sp³-hybridized carbons (Fsp3) is 0.500. The lowest BCUT2D eigenvalue weighted by molar-refractivity contribution is 0.0988. The van der Waals surface area contributed by atoms with Crippen LogP contribution in [0.15, 0.2) is 18.2 Å². The highest BCUT2D eigenvalue weighted by atomic mass is 35.5. The maximum atomic E-state index is 11.6. The van der Waals surface area contributed by atoms with Crippen molar-refractivity contribution in [2.24, 2.45) is 0 Å². The number of halogens is 2. The highest BCUT2D eigenvalue weighted by Gasteiger charge is 2.16. The number of nitrogens with one attached hydrogen (secondary N) is 1. The Hall–Kier alpha value is -0.640. The Bertz CT molecular complexity index is 362. The van der Waals surface area contributed by atoms with E-state index in [1.165, 1.54) is 0 Å². The number of carbonyl (C=O) groups is 1. The van der Waals surface area contributed by atoms with Crippen molar-refractivity contribution in [3.8, 4) is 0 Å². The molecule has 0 saturated carbocycles. The molecule has 0 aromatic carbocycles. The molecule has 0 spiro atoms. The molecule has 1 N–H and O–H groups in total. The molecule has 1 heterocycles. The maximum absolute atomic E-state index is 11.6. The predicted octanol–water partition coefficient (Wildman–Crippen LogP) is 2.62. The Labute approximate surface area is 115 Å². The molecule has 0 aliphatic carbocycles. The number of rotatable bonds is 3. The summed E-state index contributed by atoms with van der Waals surface area (Å²) in [6, 6.07) is 5.60. The van der Waals surface area contributed by atoms with Gasteiger partial charge in [0.1, 0.15) is 5.69 Å². The van der Waals surface area contributed by atoms with Crippen LogP contribution in [-0.2, 0) is 5.41 Å². The molecule has 1 aromatic rings. The van der Waals surface area contributed by atoms with Crippen LogP contribution in [0, 0.1) is 0 Å². The van der Waals surface area contributed by atoms with Crippen LogP contribution in [0.4, 0.5) is 0 Å². The Morgan fingerprint density at radius 2 is 1.88 bits per heavy atom. The molecule has 0 amide bonds. The minimum absolute atomic E-state index is 0. The number of carbonyl (C=O) groups excluding carboxylic acids is 1. The van der Waals surface area contributed by atoms with Crippen molar-refractivity contribution in [2.45, 2.75) is 26.2 Å². The summed E-state index contributed by atoms with van der Waals surface area (Å²) in [6.45, 7) is 6.59. The molecular formula is C12H20Cl2N2O. The van der Waals surface area contributed by atoms with E-state index in [9.17, 15) is 4.79 Å². The normalized spacial score (nSPS) is 10.1. The molecule has 0 atom stereocenters. The van der Waals surface area contributed by atoms with E-state index in [4.69, 9.17) is 0 Å². The van der Waals surface area contributed by atoms with Gasteiger partial charge < -0.3 is 5.32 Å². The average Bonchev–Trinajstić information content (AvgIpc) is 2.17. The number of aromatic nitrogens is 1. The van der Waals surface area contributed by atoms with Crippen molar-refractivity contribution >= 4 is 30.6 Å². The van der Waals surface area contributed by atoms with E-state index in [-0.39, 0.29) is 36.0 Å². The molecule has 0 fully saturated rings. The number of pyridine rings is 1. The van der Waals surface area contributed by atoms with Crippen molar-refractivity contribution in [3.05, 3.63) is 29.6 Å². The molecule has 5 heteroatoms. The predicted molar refractivity (Wildman–Crippen MR) is 75.7 cm³/mol. The molecule has 0 radical (unpaired) electrons. The van der Waals surface area contributed by atoms with E-state index in [1.807, 2.05) is 12.1 Å². The summed E-state index contributed by atoms with van der Waals surface area (Å²) in [6.07, 6.45) is 0. The molecule has 1 aromatic heterocycles. The lowest BCUT2D eigenvalue weighted by atomic mass is 9.91. The van der Waals surface area contributed by atoms with Gasteiger partial charge in [0, 0.05) is 11.1 Å². The van der Waals surface area contributed by atoms with Gasteiger partial charge in [-0.3, -0.25) is 4.79 Å². The van der Waals surface area contributed by atoms with Gasteiger partial charge in [-0.05, 0) is 19.2 Å². The monoisotopic (exact) mass is 278 g/mol. The second kappa shape index (κ2) is 7.64. The molecule has 1 rings (SSSR count). The summed E-state index contributed by atoms with van der Waals surface area (Å²) in [5, 5.41) is 2.83. The summed E-state index contributed by atoms with van der Waals surface area (Å²) in [4.78, 5) is 16.0. The van der Waals surface area contributed by atoms with Crippen molar-refractivity contribution in [3.63, 3.8) is 0 Å². The van der Waals surface area contributed by atoms with Crippen LogP contribution in [0.25, 0.3) is 0 Å². The quantitative estimate of drug-likeness (QED) is 0.865. The highest BCUT2D eigenvalue weighted by molar-refractivity contribution is 5.95. The summed E-state index contributed by atoms with van der Waals surface area (Å²) >= 11 is 0. The van der Waals surface area contributed by atoms with Gasteiger partial charge in [0.05, 0.1) is 6.54 Å². The molecular weight excluding hydrogens is 259 g/mol.